The van der Waals surface area contributed by atoms with Crippen molar-refractivity contribution in [2.24, 2.45) is 0 Å². The summed E-state index contributed by atoms with van der Waals surface area (Å²) < 4.78 is 5.23. The van der Waals surface area contributed by atoms with Crippen LogP contribution in [-0.2, 0) is 12.8 Å². The SMILES string of the molecule is CC(C)(C)NCCc1nc(Cc2ccncc2)no1. The molecule has 2 heterocycles. The Morgan fingerprint density at radius 2 is 1.95 bits per heavy atom. The first kappa shape index (κ1) is 13.7. The Morgan fingerprint density at radius 3 is 2.63 bits per heavy atom. The van der Waals surface area contributed by atoms with E-state index >= 15 is 0 Å². The minimum absolute atomic E-state index is 0.111. The highest BCUT2D eigenvalue weighted by atomic mass is 16.5. The summed E-state index contributed by atoms with van der Waals surface area (Å²) >= 11 is 0. The monoisotopic (exact) mass is 260 g/mol. The highest BCUT2D eigenvalue weighted by Crippen LogP contribution is 2.06. The Morgan fingerprint density at radius 1 is 1.21 bits per heavy atom. The number of nitrogens with one attached hydrogen (secondary N) is 1. The summed E-state index contributed by atoms with van der Waals surface area (Å²) in [5.41, 5.74) is 1.25. The van der Waals surface area contributed by atoms with Gasteiger partial charge in [0.2, 0.25) is 5.89 Å². The fourth-order valence-corrected chi connectivity index (χ4v) is 1.69. The summed E-state index contributed by atoms with van der Waals surface area (Å²) in [4.78, 5) is 8.37. The maximum absolute atomic E-state index is 5.23. The second kappa shape index (κ2) is 5.93. The third-order valence-corrected chi connectivity index (χ3v) is 2.62. The van der Waals surface area contributed by atoms with Gasteiger partial charge in [-0.3, -0.25) is 4.98 Å². The van der Waals surface area contributed by atoms with Gasteiger partial charge in [0.05, 0.1) is 0 Å². The molecule has 1 N–H and O–H groups in total. The molecule has 0 fully saturated rings. The Bertz CT molecular complexity index is 502. The van der Waals surface area contributed by atoms with Crippen LogP contribution in [0, 0.1) is 0 Å². The molecule has 0 saturated carbocycles. The standard InChI is InChI=1S/C14H20N4O/c1-14(2,3)16-9-6-13-17-12(18-19-13)10-11-4-7-15-8-5-11/h4-5,7-8,16H,6,9-10H2,1-3H3. The molecule has 0 aliphatic rings. The van der Waals surface area contributed by atoms with Crippen molar-refractivity contribution in [1.29, 1.82) is 0 Å². The highest BCUT2D eigenvalue weighted by Gasteiger charge is 2.10. The van der Waals surface area contributed by atoms with Crippen molar-refractivity contribution in [1.82, 2.24) is 20.4 Å². The minimum Gasteiger partial charge on any atom is -0.339 e. The second-order valence-electron chi connectivity index (χ2n) is 5.56. The van der Waals surface area contributed by atoms with Crippen molar-refractivity contribution in [3.05, 3.63) is 41.8 Å². The van der Waals surface area contributed by atoms with Crippen LogP contribution in [-0.4, -0.2) is 27.2 Å². The molecule has 2 aromatic heterocycles. The first-order chi connectivity index (χ1) is 9.03. The van der Waals surface area contributed by atoms with Crippen LogP contribution in [0.4, 0.5) is 0 Å². The van der Waals surface area contributed by atoms with Gasteiger partial charge in [-0.1, -0.05) is 5.16 Å². The molecule has 0 saturated heterocycles. The van der Waals surface area contributed by atoms with E-state index in [1.165, 1.54) is 0 Å². The fraction of sp³-hybridized carbons (Fsp3) is 0.500. The third-order valence-electron chi connectivity index (χ3n) is 2.62. The average molecular weight is 260 g/mol. The van der Waals surface area contributed by atoms with E-state index in [-0.39, 0.29) is 5.54 Å². The molecule has 0 spiro atoms. The van der Waals surface area contributed by atoms with E-state index in [0.29, 0.717) is 12.3 Å². The van der Waals surface area contributed by atoms with Gasteiger partial charge >= 0.3 is 0 Å². The largest absolute Gasteiger partial charge is 0.339 e. The Kier molecular flexibility index (Phi) is 4.27. The first-order valence-electron chi connectivity index (χ1n) is 6.48. The summed E-state index contributed by atoms with van der Waals surface area (Å²) in [6.07, 6.45) is 4.96. The number of nitrogens with zero attached hydrogens (tertiary/aromatic N) is 3. The minimum atomic E-state index is 0.111. The van der Waals surface area contributed by atoms with Gasteiger partial charge < -0.3 is 9.84 Å². The van der Waals surface area contributed by atoms with Crippen LogP contribution < -0.4 is 5.32 Å². The van der Waals surface area contributed by atoms with Crippen LogP contribution in [0.25, 0.3) is 0 Å². The lowest BCUT2D eigenvalue weighted by molar-refractivity contribution is 0.359. The Balaban J connectivity index is 1.86. The molecular formula is C14H20N4O. The van der Waals surface area contributed by atoms with Crippen molar-refractivity contribution in [2.75, 3.05) is 6.54 Å². The summed E-state index contributed by atoms with van der Waals surface area (Å²) in [5.74, 6) is 1.40. The number of rotatable bonds is 5. The van der Waals surface area contributed by atoms with Crippen LogP contribution in [0.3, 0.4) is 0 Å². The van der Waals surface area contributed by atoms with Gasteiger partial charge in [-0.2, -0.15) is 4.98 Å². The lowest BCUT2D eigenvalue weighted by Crippen LogP contribution is -2.37. The first-order valence-corrected chi connectivity index (χ1v) is 6.48. The summed E-state index contributed by atoms with van der Waals surface area (Å²) in [6, 6.07) is 3.91. The molecular weight excluding hydrogens is 240 g/mol. The summed E-state index contributed by atoms with van der Waals surface area (Å²) in [7, 11) is 0. The number of aromatic nitrogens is 3. The van der Waals surface area contributed by atoms with Crippen molar-refractivity contribution in [2.45, 2.75) is 39.2 Å². The Hall–Kier alpha value is -1.75. The predicted octanol–water partition coefficient (Wildman–Crippen LogP) is 1.99. The van der Waals surface area contributed by atoms with Crippen molar-refractivity contribution in [3.63, 3.8) is 0 Å². The van der Waals surface area contributed by atoms with E-state index in [4.69, 9.17) is 4.52 Å². The second-order valence-corrected chi connectivity index (χ2v) is 5.56. The predicted molar refractivity (Wildman–Crippen MR) is 72.8 cm³/mol. The van der Waals surface area contributed by atoms with Crippen LogP contribution in [0.5, 0.6) is 0 Å². The van der Waals surface area contributed by atoms with Crippen molar-refractivity contribution >= 4 is 0 Å². The van der Waals surface area contributed by atoms with E-state index in [0.717, 1.165) is 24.4 Å². The molecule has 102 valence electrons. The van der Waals surface area contributed by atoms with Crippen molar-refractivity contribution in [3.8, 4) is 0 Å². The highest BCUT2D eigenvalue weighted by molar-refractivity contribution is 5.14. The molecule has 0 aliphatic heterocycles. The fourth-order valence-electron chi connectivity index (χ4n) is 1.69. The average Bonchev–Trinajstić information content (AvgIpc) is 2.76. The van der Waals surface area contributed by atoms with Crippen LogP contribution in [0.2, 0.25) is 0 Å². The maximum Gasteiger partial charge on any atom is 0.227 e. The van der Waals surface area contributed by atoms with Gasteiger partial charge in [-0.25, -0.2) is 0 Å². The molecule has 0 unspecified atom stereocenters. The van der Waals surface area contributed by atoms with E-state index < -0.39 is 0 Å². The van der Waals surface area contributed by atoms with Gasteiger partial charge in [0, 0.05) is 37.3 Å². The van der Waals surface area contributed by atoms with Gasteiger partial charge in [0.25, 0.3) is 0 Å². The molecule has 5 nitrogen and oxygen atoms in total. The molecule has 0 aliphatic carbocycles. The molecule has 2 rings (SSSR count). The molecule has 5 heteroatoms. The Labute approximate surface area is 113 Å². The van der Waals surface area contributed by atoms with Crippen molar-refractivity contribution < 1.29 is 4.52 Å². The molecule has 0 bridgehead atoms. The molecule has 0 atom stereocenters. The summed E-state index contributed by atoms with van der Waals surface area (Å²) in [6.45, 7) is 7.24. The normalized spacial score (nSPS) is 11.7. The number of pyridine rings is 1. The quantitative estimate of drug-likeness (QED) is 0.890. The van der Waals surface area contributed by atoms with E-state index in [2.05, 4.69) is 41.2 Å². The lowest BCUT2D eigenvalue weighted by Gasteiger charge is -2.19. The van der Waals surface area contributed by atoms with Gasteiger partial charge in [0.15, 0.2) is 5.82 Å². The smallest absolute Gasteiger partial charge is 0.227 e. The zero-order valence-corrected chi connectivity index (χ0v) is 11.7. The third kappa shape index (κ3) is 4.79. The molecule has 2 aromatic rings. The lowest BCUT2D eigenvalue weighted by atomic mass is 10.1. The summed E-state index contributed by atoms with van der Waals surface area (Å²) in [5, 5.41) is 7.39. The van der Waals surface area contributed by atoms with E-state index in [1.807, 2.05) is 12.1 Å². The zero-order valence-electron chi connectivity index (χ0n) is 11.7. The number of hydrogen-bond acceptors (Lipinski definition) is 5. The van der Waals surface area contributed by atoms with Crippen LogP contribution >= 0.6 is 0 Å². The topological polar surface area (TPSA) is 63.8 Å². The van der Waals surface area contributed by atoms with Gasteiger partial charge in [-0.15, -0.1) is 0 Å². The van der Waals surface area contributed by atoms with Crippen LogP contribution in [0.1, 0.15) is 38.0 Å². The number of hydrogen-bond donors (Lipinski definition) is 1. The maximum atomic E-state index is 5.23. The zero-order chi connectivity index (χ0) is 13.7. The van der Waals surface area contributed by atoms with E-state index in [9.17, 15) is 0 Å². The molecule has 0 amide bonds. The molecule has 0 aromatic carbocycles. The van der Waals surface area contributed by atoms with E-state index in [1.54, 1.807) is 12.4 Å². The van der Waals surface area contributed by atoms with Gasteiger partial charge in [-0.05, 0) is 38.5 Å². The molecule has 19 heavy (non-hydrogen) atoms. The molecule has 0 radical (unpaired) electrons. The van der Waals surface area contributed by atoms with Crippen LogP contribution in [0.15, 0.2) is 29.0 Å². The van der Waals surface area contributed by atoms with Gasteiger partial charge in [0.1, 0.15) is 0 Å².